The molecule has 4 nitrogen and oxygen atoms in total. The molecule has 22 heavy (non-hydrogen) atoms. The third kappa shape index (κ3) is 3.45. The Morgan fingerprint density at radius 2 is 2.00 bits per heavy atom. The molecular weight excluding hydrogens is 300 g/mol. The highest BCUT2D eigenvalue weighted by molar-refractivity contribution is 6.30. The minimum absolute atomic E-state index is 0.0113. The van der Waals surface area contributed by atoms with Gasteiger partial charge in [-0.2, -0.15) is 0 Å². The van der Waals surface area contributed by atoms with Crippen LogP contribution in [-0.2, 0) is 9.53 Å². The fourth-order valence-corrected chi connectivity index (χ4v) is 3.36. The Balaban J connectivity index is 1.68. The molecule has 1 aliphatic heterocycles. The number of amides is 1. The summed E-state index contributed by atoms with van der Waals surface area (Å²) in [5.41, 5.74) is 6.73. The van der Waals surface area contributed by atoms with Gasteiger partial charge in [0, 0.05) is 11.6 Å². The van der Waals surface area contributed by atoms with Gasteiger partial charge in [0.25, 0.3) is 0 Å². The maximum atomic E-state index is 12.5. The zero-order valence-electron chi connectivity index (χ0n) is 12.6. The standard InChI is InChI=1S/C17H23ClN2O2/c18-13-6-4-12(5-7-13)16(11-2-1-3-11)20-17(21)15-9-8-14(10-19)22-15/h4-7,11,14-16H,1-3,8-10,19H2,(H,20,21)/t14-,15+,16?/m1/s1. The average Bonchev–Trinajstić information content (AvgIpc) is 2.94. The molecule has 5 heteroatoms. The third-order valence-electron chi connectivity index (χ3n) is 4.81. The molecule has 1 saturated heterocycles. The van der Waals surface area contributed by atoms with Crippen LogP contribution in [0.3, 0.4) is 0 Å². The van der Waals surface area contributed by atoms with Gasteiger partial charge in [0.15, 0.2) is 0 Å². The Morgan fingerprint density at radius 3 is 2.55 bits per heavy atom. The van der Waals surface area contributed by atoms with Crippen LogP contribution < -0.4 is 11.1 Å². The van der Waals surface area contributed by atoms with Crippen molar-refractivity contribution >= 4 is 17.5 Å². The number of carbonyl (C=O) groups is 1. The van der Waals surface area contributed by atoms with Gasteiger partial charge in [0.2, 0.25) is 5.91 Å². The molecule has 3 rings (SSSR count). The highest BCUT2D eigenvalue weighted by Crippen LogP contribution is 2.38. The summed E-state index contributed by atoms with van der Waals surface area (Å²) >= 11 is 5.97. The zero-order valence-corrected chi connectivity index (χ0v) is 13.4. The van der Waals surface area contributed by atoms with E-state index in [4.69, 9.17) is 22.1 Å². The lowest BCUT2D eigenvalue weighted by molar-refractivity contribution is -0.133. The first-order valence-corrected chi connectivity index (χ1v) is 8.46. The average molecular weight is 323 g/mol. The fraction of sp³-hybridized carbons (Fsp3) is 0.588. The summed E-state index contributed by atoms with van der Waals surface area (Å²) in [4.78, 5) is 12.5. The topological polar surface area (TPSA) is 64.4 Å². The molecule has 1 unspecified atom stereocenters. The minimum atomic E-state index is -0.358. The normalized spacial score (nSPS) is 26.5. The van der Waals surface area contributed by atoms with Crippen molar-refractivity contribution in [3.05, 3.63) is 34.9 Å². The second-order valence-electron chi connectivity index (χ2n) is 6.29. The predicted octanol–water partition coefficient (Wildman–Crippen LogP) is 2.80. The van der Waals surface area contributed by atoms with Gasteiger partial charge in [-0.15, -0.1) is 0 Å². The summed E-state index contributed by atoms with van der Waals surface area (Å²) in [6.45, 7) is 0.479. The summed E-state index contributed by atoms with van der Waals surface area (Å²) < 4.78 is 5.70. The van der Waals surface area contributed by atoms with Crippen LogP contribution in [0.15, 0.2) is 24.3 Å². The molecule has 1 aliphatic carbocycles. The molecule has 0 radical (unpaired) electrons. The Morgan fingerprint density at radius 1 is 1.27 bits per heavy atom. The highest BCUT2D eigenvalue weighted by Gasteiger charge is 2.34. The van der Waals surface area contributed by atoms with Gasteiger partial charge in [-0.05, 0) is 49.3 Å². The zero-order chi connectivity index (χ0) is 15.5. The number of nitrogens with two attached hydrogens (primary N) is 1. The number of halogens is 1. The Kier molecular flexibility index (Phi) is 5.01. The number of ether oxygens (including phenoxy) is 1. The smallest absolute Gasteiger partial charge is 0.249 e. The molecule has 1 amide bonds. The quantitative estimate of drug-likeness (QED) is 0.876. The van der Waals surface area contributed by atoms with Crippen molar-refractivity contribution in [1.82, 2.24) is 5.32 Å². The molecule has 2 aliphatic rings. The summed E-state index contributed by atoms with van der Waals surface area (Å²) in [6.07, 6.45) is 4.83. The van der Waals surface area contributed by atoms with E-state index >= 15 is 0 Å². The van der Waals surface area contributed by atoms with Crippen LogP contribution in [0.2, 0.25) is 5.02 Å². The van der Waals surface area contributed by atoms with E-state index in [1.165, 1.54) is 6.42 Å². The number of rotatable bonds is 5. The summed E-state index contributed by atoms with van der Waals surface area (Å²) in [5, 5.41) is 3.91. The lowest BCUT2D eigenvalue weighted by atomic mass is 9.77. The van der Waals surface area contributed by atoms with Crippen LogP contribution in [0.4, 0.5) is 0 Å². The maximum absolute atomic E-state index is 12.5. The van der Waals surface area contributed by atoms with Gasteiger partial charge in [-0.3, -0.25) is 4.79 Å². The highest BCUT2D eigenvalue weighted by atomic mass is 35.5. The van der Waals surface area contributed by atoms with Gasteiger partial charge in [-0.25, -0.2) is 0 Å². The van der Waals surface area contributed by atoms with E-state index in [0.29, 0.717) is 17.5 Å². The number of hydrogen-bond acceptors (Lipinski definition) is 3. The Hall–Kier alpha value is -1.10. The second kappa shape index (κ2) is 6.99. The van der Waals surface area contributed by atoms with E-state index in [0.717, 1.165) is 31.2 Å². The number of hydrogen-bond donors (Lipinski definition) is 2. The molecule has 3 N–H and O–H groups in total. The van der Waals surface area contributed by atoms with Gasteiger partial charge < -0.3 is 15.8 Å². The van der Waals surface area contributed by atoms with Gasteiger partial charge in [0.05, 0.1) is 12.1 Å². The van der Waals surface area contributed by atoms with Crippen LogP contribution in [0.25, 0.3) is 0 Å². The minimum Gasteiger partial charge on any atom is -0.364 e. The van der Waals surface area contributed by atoms with Crippen molar-refractivity contribution in [1.29, 1.82) is 0 Å². The van der Waals surface area contributed by atoms with Crippen molar-refractivity contribution in [2.45, 2.75) is 50.4 Å². The molecule has 0 aromatic heterocycles. The van der Waals surface area contributed by atoms with Crippen LogP contribution in [-0.4, -0.2) is 24.7 Å². The van der Waals surface area contributed by atoms with Gasteiger partial charge >= 0.3 is 0 Å². The molecule has 1 saturated carbocycles. The van der Waals surface area contributed by atoms with E-state index < -0.39 is 0 Å². The Labute approximate surface area is 136 Å². The van der Waals surface area contributed by atoms with Crippen LogP contribution in [0, 0.1) is 5.92 Å². The Bertz CT molecular complexity index is 516. The van der Waals surface area contributed by atoms with Gasteiger partial charge in [0.1, 0.15) is 6.10 Å². The van der Waals surface area contributed by atoms with Crippen molar-refractivity contribution < 1.29 is 9.53 Å². The molecule has 2 fully saturated rings. The van der Waals surface area contributed by atoms with Crippen molar-refractivity contribution in [2.24, 2.45) is 11.7 Å². The SMILES string of the molecule is NC[C@H]1CC[C@@H](C(=O)NC(c2ccc(Cl)cc2)C2CCC2)O1. The van der Waals surface area contributed by atoms with Crippen LogP contribution in [0.1, 0.15) is 43.7 Å². The molecule has 3 atom stereocenters. The monoisotopic (exact) mass is 322 g/mol. The van der Waals surface area contributed by atoms with Crippen molar-refractivity contribution in [2.75, 3.05) is 6.54 Å². The summed E-state index contributed by atoms with van der Waals surface area (Å²) in [7, 11) is 0. The van der Waals surface area contributed by atoms with Crippen molar-refractivity contribution in [3.63, 3.8) is 0 Å². The molecule has 1 aromatic carbocycles. The van der Waals surface area contributed by atoms with E-state index in [-0.39, 0.29) is 24.2 Å². The third-order valence-corrected chi connectivity index (χ3v) is 5.06. The number of carbonyl (C=O) groups excluding carboxylic acids is 1. The van der Waals surface area contributed by atoms with Crippen LogP contribution in [0.5, 0.6) is 0 Å². The van der Waals surface area contributed by atoms with E-state index in [2.05, 4.69) is 5.32 Å². The predicted molar refractivity (Wildman–Crippen MR) is 86.6 cm³/mol. The van der Waals surface area contributed by atoms with E-state index in [1.54, 1.807) is 0 Å². The van der Waals surface area contributed by atoms with Gasteiger partial charge in [-0.1, -0.05) is 30.2 Å². The second-order valence-corrected chi connectivity index (χ2v) is 6.73. The number of benzene rings is 1. The molecule has 1 aromatic rings. The maximum Gasteiger partial charge on any atom is 0.249 e. The first kappa shape index (κ1) is 15.8. The number of nitrogens with one attached hydrogen (secondary N) is 1. The first-order valence-electron chi connectivity index (χ1n) is 8.08. The summed E-state index contributed by atoms with van der Waals surface area (Å²) in [5.74, 6) is 0.500. The first-order chi connectivity index (χ1) is 10.7. The largest absolute Gasteiger partial charge is 0.364 e. The molecule has 120 valence electrons. The molecular formula is C17H23ClN2O2. The van der Waals surface area contributed by atoms with E-state index in [1.807, 2.05) is 24.3 Å². The summed E-state index contributed by atoms with van der Waals surface area (Å²) in [6, 6.07) is 7.82. The van der Waals surface area contributed by atoms with Crippen molar-refractivity contribution in [3.8, 4) is 0 Å². The van der Waals surface area contributed by atoms with Crippen LogP contribution >= 0.6 is 11.6 Å². The molecule has 1 heterocycles. The lowest BCUT2D eigenvalue weighted by Gasteiger charge is -2.35. The van der Waals surface area contributed by atoms with E-state index in [9.17, 15) is 4.79 Å². The molecule has 0 spiro atoms. The fourth-order valence-electron chi connectivity index (χ4n) is 3.23. The lowest BCUT2D eigenvalue weighted by Crippen LogP contribution is -2.41. The molecule has 0 bridgehead atoms.